The standard InChI is InChI=1S/C35H41N9O4/c1-22(2)42-19-28(34(47)43(35(42)48)26-8-6-5-7-9-26)33(46)39-25-12-10-23(11-13-25)27-18-29(44-31(27)32(36)37-21-38-44)24-14-16-41(17-15-24)20-30(45)40(3)4/h5-13,18,21-22,24,28H,14-17,19-20H2,1-4H3,(H,39,46)(H2,36,37,38). The summed E-state index contributed by atoms with van der Waals surface area (Å²) in [6, 6.07) is 17.5. The van der Waals surface area contributed by atoms with Gasteiger partial charge in [0.15, 0.2) is 5.82 Å². The highest BCUT2D eigenvalue weighted by atomic mass is 16.2. The summed E-state index contributed by atoms with van der Waals surface area (Å²) in [6.07, 6.45) is 3.21. The van der Waals surface area contributed by atoms with Crippen LogP contribution in [0.15, 0.2) is 67.0 Å². The Bertz CT molecular complexity index is 1830. The summed E-state index contributed by atoms with van der Waals surface area (Å²) in [5, 5.41) is 7.44. The van der Waals surface area contributed by atoms with Crippen molar-refractivity contribution < 1.29 is 19.2 Å². The maximum atomic E-state index is 13.5. The number of urea groups is 1. The molecule has 1 atom stereocenters. The quantitative estimate of drug-likeness (QED) is 0.274. The van der Waals surface area contributed by atoms with Gasteiger partial charge in [0.25, 0.3) is 0 Å². The van der Waals surface area contributed by atoms with Crippen molar-refractivity contribution in [3.05, 3.63) is 72.7 Å². The van der Waals surface area contributed by atoms with E-state index in [1.807, 2.05) is 30.5 Å². The topological polar surface area (TPSA) is 149 Å². The van der Waals surface area contributed by atoms with Gasteiger partial charge in [-0.05, 0) is 75.7 Å². The third kappa shape index (κ3) is 6.33. The van der Waals surface area contributed by atoms with Crippen molar-refractivity contribution >= 4 is 46.5 Å². The molecular formula is C35H41N9O4. The Kier molecular flexibility index (Phi) is 9.13. The van der Waals surface area contributed by atoms with Crippen LogP contribution in [0, 0.1) is 5.92 Å². The number of amides is 5. The molecule has 0 saturated carbocycles. The monoisotopic (exact) mass is 651 g/mol. The van der Waals surface area contributed by atoms with E-state index in [4.69, 9.17) is 5.73 Å². The molecule has 2 aliphatic rings. The number of fused-ring (bicyclic) bond motifs is 1. The molecule has 2 aromatic carbocycles. The summed E-state index contributed by atoms with van der Waals surface area (Å²) in [7, 11) is 3.54. The SMILES string of the molecule is CC(C)N1CC(C(=O)Nc2ccc(-c3cc(C4CCN(CC(=O)N(C)C)CC4)n4ncnc(N)c34)cc2)C(=O)N(c2ccccc2)C1=O. The second-order valence-corrected chi connectivity index (χ2v) is 12.9. The molecule has 5 amide bonds. The van der Waals surface area contributed by atoms with Gasteiger partial charge in [-0.3, -0.25) is 19.3 Å². The Morgan fingerprint density at radius 3 is 2.35 bits per heavy atom. The Morgan fingerprint density at radius 2 is 1.71 bits per heavy atom. The van der Waals surface area contributed by atoms with Gasteiger partial charge >= 0.3 is 6.03 Å². The van der Waals surface area contributed by atoms with Crippen molar-refractivity contribution in [1.82, 2.24) is 29.3 Å². The molecule has 2 aromatic heterocycles. The van der Waals surface area contributed by atoms with Crippen molar-refractivity contribution in [2.24, 2.45) is 5.92 Å². The number of aromatic nitrogens is 3. The van der Waals surface area contributed by atoms with E-state index in [9.17, 15) is 19.2 Å². The summed E-state index contributed by atoms with van der Waals surface area (Å²) in [6.45, 7) is 5.72. The van der Waals surface area contributed by atoms with Gasteiger partial charge < -0.3 is 20.9 Å². The molecule has 13 nitrogen and oxygen atoms in total. The van der Waals surface area contributed by atoms with Crippen LogP contribution in [0.3, 0.4) is 0 Å². The molecule has 4 aromatic rings. The maximum Gasteiger partial charge on any atom is 0.331 e. The number of carbonyl (C=O) groups excluding carboxylic acids is 4. The van der Waals surface area contributed by atoms with Gasteiger partial charge in [0, 0.05) is 49.5 Å². The average Bonchev–Trinajstić information content (AvgIpc) is 3.47. The van der Waals surface area contributed by atoms with E-state index >= 15 is 0 Å². The van der Waals surface area contributed by atoms with Crippen LogP contribution in [0.25, 0.3) is 16.6 Å². The molecule has 4 heterocycles. The van der Waals surface area contributed by atoms with Gasteiger partial charge in [-0.15, -0.1) is 0 Å². The number of hydrogen-bond acceptors (Lipinski definition) is 8. The van der Waals surface area contributed by atoms with Gasteiger partial charge in [-0.25, -0.2) is 19.2 Å². The minimum atomic E-state index is -1.08. The highest BCUT2D eigenvalue weighted by Crippen LogP contribution is 2.37. The molecule has 0 aliphatic carbocycles. The second kappa shape index (κ2) is 13.4. The van der Waals surface area contributed by atoms with Gasteiger partial charge in [0.05, 0.1) is 12.2 Å². The van der Waals surface area contributed by atoms with Crippen molar-refractivity contribution in [1.29, 1.82) is 0 Å². The molecular weight excluding hydrogens is 610 g/mol. The minimum absolute atomic E-state index is 0.00769. The normalized spacial score (nSPS) is 17.7. The molecule has 13 heteroatoms. The van der Waals surface area contributed by atoms with E-state index in [1.165, 1.54) is 11.2 Å². The molecule has 48 heavy (non-hydrogen) atoms. The lowest BCUT2D eigenvalue weighted by Crippen LogP contribution is -2.61. The van der Waals surface area contributed by atoms with E-state index in [2.05, 4.69) is 26.4 Å². The van der Waals surface area contributed by atoms with Crippen LogP contribution >= 0.6 is 0 Å². The van der Waals surface area contributed by atoms with Gasteiger partial charge in [0.2, 0.25) is 17.7 Å². The van der Waals surface area contributed by atoms with Gasteiger partial charge in [-0.2, -0.15) is 5.10 Å². The summed E-state index contributed by atoms with van der Waals surface area (Å²) in [4.78, 5) is 63.2. The molecule has 1 unspecified atom stereocenters. The lowest BCUT2D eigenvalue weighted by Gasteiger charge is -2.39. The summed E-state index contributed by atoms with van der Waals surface area (Å²) in [5.41, 5.74) is 10.8. The fourth-order valence-electron chi connectivity index (χ4n) is 6.46. The molecule has 2 saturated heterocycles. The van der Waals surface area contributed by atoms with Gasteiger partial charge in [-0.1, -0.05) is 30.3 Å². The van der Waals surface area contributed by atoms with E-state index in [1.54, 1.807) is 61.5 Å². The number of nitrogens with zero attached hydrogens (tertiary/aromatic N) is 7. The zero-order valence-corrected chi connectivity index (χ0v) is 27.7. The molecule has 250 valence electrons. The fraction of sp³-hybridized carbons (Fsp3) is 0.371. The lowest BCUT2D eigenvalue weighted by molar-refractivity contribution is -0.132. The van der Waals surface area contributed by atoms with E-state index in [0.717, 1.165) is 47.7 Å². The number of piperidine rings is 1. The number of hydrogen-bond donors (Lipinski definition) is 2. The third-order valence-corrected chi connectivity index (χ3v) is 9.23. The van der Waals surface area contributed by atoms with Crippen molar-refractivity contribution in [3.63, 3.8) is 0 Å². The van der Waals surface area contributed by atoms with Crippen LogP contribution in [0.2, 0.25) is 0 Å². The highest BCUT2D eigenvalue weighted by molar-refractivity contribution is 6.23. The van der Waals surface area contributed by atoms with E-state index in [0.29, 0.717) is 29.3 Å². The van der Waals surface area contributed by atoms with Crippen LogP contribution in [-0.4, -0.2) is 99.4 Å². The first kappa shape index (κ1) is 32.6. The van der Waals surface area contributed by atoms with Crippen molar-refractivity contribution in [3.8, 4) is 11.1 Å². The predicted molar refractivity (Wildman–Crippen MR) is 183 cm³/mol. The Hall–Kier alpha value is -5.30. The number of nitrogen functional groups attached to an aromatic ring is 1. The van der Waals surface area contributed by atoms with E-state index in [-0.39, 0.29) is 24.4 Å². The Morgan fingerprint density at radius 1 is 1.02 bits per heavy atom. The summed E-state index contributed by atoms with van der Waals surface area (Å²) < 4.78 is 1.87. The fourth-order valence-corrected chi connectivity index (χ4v) is 6.46. The first-order valence-electron chi connectivity index (χ1n) is 16.2. The van der Waals surface area contributed by atoms with Crippen LogP contribution in [0.4, 0.5) is 22.0 Å². The lowest BCUT2D eigenvalue weighted by atomic mass is 9.93. The molecule has 2 aliphatic heterocycles. The molecule has 3 N–H and O–H groups in total. The van der Waals surface area contributed by atoms with Crippen LogP contribution in [-0.2, 0) is 14.4 Å². The number of likely N-dealkylation sites (tertiary alicyclic amines) is 1. The average molecular weight is 652 g/mol. The van der Waals surface area contributed by atoms with Crippen LogP contribution < -0.4 is 16.0 Å². The first-order chi connectivity index (χ1) is 23.0. The van der Waals surface area contributed by atoms with E-state index < -0.39 is 23.8 Å². The second-order valence-electron chi connectivity index (χ2n) is 12.9. The molecule has 2 fully saturated rings. The number of nitrogens with two attached hydrogens (primary N) is 1. The van der Waals surface area contributed by atoms with Crippen molar-refractivity contribution in [2.45, 2.75) is 38.6 Å². The predicted octanol–water partition coefficient (Wildman–Crippen LogP) is 3.68. The largest absolute Gasteiger partial charge is 0.382 e. The first-order valence-corrected chi connectivity index (χ1v) is 16.2. The zero-order valence-electron chi connectivity index (χ0n) is 27.7. The molecule has 6 rings (SSSR count). The number of likely N-dealkylation sites (N-methyl/N-ethyl adjacent to an activating group) is 1. The Balaban J connectivity index is 1.21. The minimum Gasteiger partial charge on any atom is -0.382 e. The summed E-state index contributed by atoms with van der Waals surface area (Å²) >= 11 is 0. The number of para-hydroxylation sites is 1. The highest BCUT2D eigenvalue weighted by Gasteiger charge is 2.44. The van der Waals surface area contributed by atoms with Gasteiger partial charge in [0.1, 0.15) is 17.8 Å². The Labute approximate surface area is 279 Å². The van der Waals surface area contributed by atoms with Crippen LogP contribution in [0.1, 0.15) is 38.3 Å². The third-order valence-electron chi connectivity index (χ3n) is 9.23. The number of anilines is 3. The molecule has 0 bridgehead atoms. The summed E-state index contributed by atoms with van der Waals surface area (Å²) in [5.74, 6) is -1.44. The number of imide groups is 1. The number of carbonyl (C=O) groups is 4. The number of benzene rings is 2. The maximum absolute atomic E-state index is 13.5. The smallest absolute Gasteiger partial charge is 0.331 e. The van der Waals surface area contributed by atoms with Crippen molar-refractivity contribution in [2.75, 3.05) is 56.2 Å². The zero-order chi connectivity index (χ0) is 34.1. The van der Waals surface area contributed by atoms with Crippen LogP contribution in [0.5, 0.6) is 0 Å². The number of rotatable bonds is 8. The number of nitrogens with one attached hydrogen (secondary N) is 1. The molecule has 0 radical (unpaired) electrons. The molecule has 0 spiro atoms.